The lowest BCUT2D eigenvalue weighted by molar-refractivity contribution is -0.0138. The van der Waals surface area contributed by atoms with Crippen molar-refractivity contribution in [3.8, 4) is 0 Å². The van der Waals surface area contributed by atoms with Gasteiger partial charge in [-0.1, -0.05) is 0 Å². The van der Waals surface area contributed by atoms with Gasteiger partial charge in [0.15, 0.2) is 0 Å². The van der Waals surface area contributed by atoms with Gasteiger partial charge in [0.25, 0.3) is 0 Å². The molecule has 1 rings (SSSR count). The van der Waals surface area contributed by atoms with E-state index in [-0.39, 0.29) is 12.3 Å². The lowest BCUT2D eigenvalue weighted by Crippen LogP contribution is -2.35. The largest absolute Gasteiger partial charge is 0.447 e. The van der Waals surface area contributed by atoms with E-state index >= 15 is 0 Å². The van der Waals surface area contributed by atoms with Gasteiger partial charge in [0.2, 0.25) is 0 Å². The molecule has 0 aromatic rings. The predicted octanol–water partition coefficient (Wildman–Crippen LogP) is 0.821. The Kier molecular flexibility index (Phi) is 2.70. The van der Waals surface area contributed by atoms with E-state index in [4.69, 9.17) is 9.47 Å². The minimum absolute atomic E-state index is 0.157. The molecule has 1 amide bonds. The number of carbonyl (C=O) groups is 1. The molecule has 1 aliphatic heterocycles. The van der Waals surface area contributed by atoms with Crippen LogP contribution in [0.3, 0.4) is 0 Å². The molecule has 0 aliphatic carbocycles. The van der Waals surface area contributed by atoms with Crippen LogP contribution >= 0.6 is 0 Å². The average Bonchev–Trinajstić information content (AvgIpc) is 2.36. The molecule has 0 bridgehead atoms. The first-order valence-corrected chi connectivity index (χ1v) is 3.80. The molecule has 1 fully saturated rings. The van der Waals surface area contributed by atoms with E-state index in [1.165, 1.54) is 0 Å². The van der Waals surface area contributed by atoms with E-state index in [9.17, 15) is 4.79 Å². The molecule has 11 heavy (non-hydrogen) atoms. The molecule has 64 valence electrons. The molecule has 1 atom stereocenters. The zero-order chi connectivity index (χ0) is 8.27. The molecule has 4 nitrogen and oxygen atoms in total. The summed E-state index contributed by atoms with van der Waals surface area (Å²) >= 11 is 0. The SMILES string of the molecule is CCOC(C)N1CCOC1=O. The third-order valence-corrected chi connectivity index (χ3v) is 1.64. The number of carbonyl (C=O) groups excluding carboxylic acids is 1. The third-order valence-electron chi connectivity index (χ3n) is 1.64. The summed E-state index contributed by atoms with van der Waals surface area (Å²) < 4.78 is 9.96. The Bertz CT molecular complexity index is 149. The number of nitrogens with zero attached hydrogens (tertiary/aromatic N) is 1. The van der Waals surface area contributed by atoms with Crippen LogP contribution in [0.1, 0.15) is 13.8 Å². The molecule has 1 aliphatic rings. The van der Waals surface area contributed by atoms with Crippen LogP contribution < -0.4 is 0 Å². The van der Waals surface area contributed by atoms with Gasteiger partial charge >= 0.3 is 6.09 Å². The highest BCUT2D eigenvalue weighted by molar-refractivity contribution is 5.69. The Balaban J connectivity index is 2.39. The Labute approximate surface area is 66.1 Å². The second-order valence-corrected chi connectivity index (χ2v) is 2.36. The molecule has 0 radical (unpaired) electrons. The van der Waals surface area contributed by atoms with E-state index in [2.05, 4.69) is 0 Å². The number of hydrogen-bond donors (Lipinski definition) is 0. The van der Waals surface area contributed by atoms with Gasteiger partial charge in [-0.15, -0.1) is 0 Å². The van der Waals surface area contributed by atoms with Crippen LogP contribution in [-0.4, -0.2) is 37.0 Å². The second-order valence-electron chi connectivity index (χ2n) is 2.36. The molecule has 0 aromatic carbocycles. The number of cyclic esters (lactones) is 1. The van der Waals surface area contributed by atoms with Crippen molar-refractivity contribution in [1.29, 1.82) is 0 Å². The molecule has 0 spiro atoms. The lowest BCUT2D eigenvalue weighted by Gasteiger charge is -2.20. The van der Waals surface area contributed by atoms with Crippen molar-refractivity contribution in [3.63, 3.8) is 0 Å². The van der Waals surface area contributed by atoms with Crippen LogP contribution in [0.2, 0.25) is 0 Å². The Hall–Kier alpha value is -0.770. The van der Waals surface area contributed by atoms with Gasteiger partial charge < -0.3 is 9.47 Å². The van der Waals surface area contributed by atoms with Gasteiger partial charge in [-0.25, -0.2) is 4.79 Å². The molecule has 0 aromatic heterocycles. The zero-order valence-electron chi connectivity index (χ0n) is 6.87. The maximum Gasteiger partial charge on any atom is 0.412 e. The van der Waals surface area contributed by atoms with Crippen LogP contribution in [0.25, 0.3) is 0 Å². The summed E-state index contributed by atoms with van der Waals surface area (Å²) in [6.07, 6.45) is -0.430. The van der Waals surface area contributed by atoms with E-state index in [1.807, 2.05) is 13.8 Å². The van der Waals surface area contributed by atoms with E-state index in [1.54, 1.807) is 4.90 Å². The van der Waals surface area contributed by atoms with E-state index < -0.39 is 0 Å². The topological polar surface area (TPSA) is 38.8 Å². The van der Waals surface area contributed by atoms with E-state index in [0.717, 1.165) is 0 Å². The van der Waals surface area contributed by atoms with Gasteiger partial charge in [-0.05, 0) is 13.8 Å². The highest BCUT2D eigenvalue weighted by atomic mass is 16.6. The van der Waals surface area contributed by atoms with Crippen molar-refractivity contribution < 1.29 is 14.3 Å². The minimum Gasteiger partial charge on any atom is -0.447 e. The molecule has 0 N–H and O–H groups in total. The predicted molar refractivity (Wildman–Crippen MR) is 39.1 cm³/mol. The zero-order valence-corrected chi connectivity index (χ0v) is 6.87. The van der Waals surface area contributed by atoms with Gasteiger partial charge in [-0.2, -0.15) is 0 Å². The normalized spacial score (nSPS) is 20.2. The first kappa shape index (κ1) is 8.33. The Morgan fingerprint density at radius 1 is 1.82 bits per heavy atom. The van der Waals surface area contributed by atoms with Crippen LogP contribution in [0.4, 0.5) is 4.79 Å². The number of rotatable bonds is 3. The summed E-state index contributed by atoms with van der Waals surface area (Å²) in [5.41, 5.74) is 0. The molecular formula is C7H13NO3. The summed E-state index contributed by atoms with van der Waals surface area (Å²) in [7, 11) is 0. The maximum absolute atomic E-state index is 10.9. The van der Waals surface area contributed by atoms with Crippen LogP contribution in [0.15, 0.2) is 0 Å². The standard InChI is InChI=1S/C7H13NO3/c1-3-10-6(2)8-4-5-11-7(8)9/h6H,3-5H2,1-2H3. The number of amides is 1. The van der Waals surface area contributed by atoms with Gasteiger partial charge in [0.1, 0.15) is 12.8 Å². The minimum atomic E-state index is -0.272. The van der Waals surface area contributed by atoms with Crippen molar-refractivity contribution >= 4 is 6.09 Å². The first-order valence-electron chi connectivity index (χ1n) is 3.80. The number of ether oxygens (including phenoxy) is 2. The fourth-order valence-electron chi connectivity index (χ4n) is 1.07. The quantitative estimate of drug-likeness (QED) is 0.612. The third kappa shape index (κ3) is 1.83. The van der Waals surface area contributed by atoms with Crippen molar-refractivity contribution in [2.45, 2.75) is 20.1 Å². The molecule has 1 saturated heterocycles. The molecule has 1 unspecified atom stereocenters. The molecular weight excluding hydrogens is 146 g/mol. The van der Waals surface area contributed by atoms with Crippen LogP contribution in [-0.2, 0) is 9.47 Å². The summed E-state index contributed by atoms with van der Waals surface area (Å²) in [4.78, 5) is 12.5. The second kappa shape index (κ2) is 3.57. The smallest absolute Gasteiger partial charge is 0.412 e. The van der Waals surface area contributed by atoms with Crippen LogP contribution in [0, 0.1) is 0 Å². The van der Waals surface area contributed by atoms with Gasteiger partial charge in [0.05, 0.1) is 6.54 Å². The Morgan fingerprint density at radius 3 is 3.00 bits per heavy atom. The molecule has 1 heterocycles. The first-order chi connectivity index (χ1) is 5.25. The molecule has 0 saturated carbocycles. The number of hydrogen-bond acceptors (Lipinski definition) is 3. The van der Waals surface area contributed by atoms with E-state index in [0.29, 0.717) is 19.8 Å². The summed E-state index contributed by atoms with van der Waals surface area (Å²) in [6, 6.07) is 0. The summed E-state index contributed by atoms with van der Waals surface area (Å²) in [5, 5.41) is 0. The Morgan fingerprint density at radius 2 is 2.55 bits per heavy atom. The lowest BCUT2D eigenvalue weighted by atomic mass is 10.5. The van der Waals surface area contributed by atoms with Crippen molar-refractivity contribution in [2.24, 2.45) is 0 Å². The average molecular weight is 159 g/mol. The van der Waals surface area contributed by atoms with Gasteiger partial charge in [-0.3, -0.25) is 4.90 Å². The fraction of sp³-hybridized carbons (Fsp3) is 0.857. The summed E-state index contributed by atoms with van der Waals surface area (Å²) in [6.45, 7) is 5.48. The van der Waals surface area contributed by atoms with Crippen molar-refractivity contribution in [1.82, 2.24) is 4.90 Å². The summed E-state index contributed by atoms with van der Waals surface area (Å²) in [5.74, 6) is 0. The highest BCUT2D eigenvalue weighted by Crippen LogP contribution is 2.08. The van der Waals surface area contributed by atoms with Crippen molar-refractivity contribution in [3.05, 3.63) is 0 Å². The maximum atomic E-state index is 10.9. The fourth-order valence-corrected chi connectivity index (χ4v) is 1.07. The highest BCUT2D eigenvalue weighted by Gasteiger charge is 2.26. The van der Waals surface area contributed by atoms with Crippen LogP contribution in [0.5, 0.6) is 0 Å². The van der Waals surface area contributed by atoms with Crippen molar-refractivity contribution in [2.75, 3.05) is 19.8 Å². The molecule has 4 heteroatoms. The monoisotopic (exact) mass is 159 g/mol. The van der Waals surface area contributed by atoms with Gasteiger partial charge in [0, 0.05) is 6.61 Å².